The van der Waals surface area contributed by atoms with E-state index < -0.39 is 0 Å². The molecule has 6 nitrogen and oxygen atoms in total. The van der Waals surface area contributed by atoms with Crippen LogP contribution >= 0.6 is 15.9 Å². The van der Waals surface area contributed by atoms with E-state index in [9.17, 15) is 4.79 Å². The Balaban J connectivity index is 1.40. The number of hydrogen-bond donors (Lipinski definition) is 1. The van der Waals surface area contributed by atoms with Gasteiger partial charge in [0.05, 0.1) is 28.1 Å². The highest BCUT2D eigenvalue weighted by Gasteiger charge is 2.11. The second kappa shape index (κ2) is 8.67. The Morgan fingerprint density at radius 3 is 2.50 bits per heavy atom. The van der Waals surface area contributed by atoms with Gasteiger partial charge in [0.1, 0.15) is 0 Å². The Kier molecular flexibility index (Phi) is 5.81. The molecular weight excluding hydrogens is 442 g/mol. The highest BCUT2D eigenvalue weighted by atomic mass is 79.9. The van der Waals surface area contributed by atoms with Crippen molar-refractivity contribution in [1.29, 1.82) is 0 Å². The lowest BCUT2D eigenvalue weighted by Crippen LogP contribution is -2.22. The van der Waals surface area contributed by atoms with Crippen molar-refractivity contribution in [3.05, 3.63) is 99.5 Å². The molecule has 0 unspecified atom stereocenters. The molecule has 30 heavy (non-hydrogen) atoms. The molecule has 0 atom stereocenters. The van der Waals surface area contributed by atoms with Gasteiger partial charge in [0.25, 0.3) is 5.91 Å². The summed E-state index contributed by atoms with van der Waals surface area (Å²) in [5.74, 6) is -0.103. The molecule has 0 fully saturated rings. The van der Waals surface area contributed by atoms with Crippen molar-refractivity contribution < 1.29 is 4.79 Å². The first kappa shape index (κ1) is 20.1. The van der Waals surface area contributed by atoms with Crippen LogP contribution in [-0.4, -0.2) is 25.5 Å². The predicted molar refractivity (Wildman–Crippen MR) is 120 cm³/mol. The molecule has 0 spiro atoms. The van der Waals surface area contributed by atoms with E-state index in [1.807, 2.05) is 71.9 Å². The molecule has 0 radical (unpaired) electrons. The lowest BCUT2D eigenvalue weighted by Gasteiger charge is -2.09. The second-order valence-corrected chi connectivity index (χ2v) is 7.94. The molecule has 0 bridgehead atoms. The Bertz CT molecular complexity index is 1160. The monoisotopic (exact) mass is 463 g/mol. The molecule has 0 aliphatic heterocycles. The zero-order valence-corrected chi connectivity index (χ0v) is 18.4. The van der Waals surface area contributed by atoms with Crippen molar-refractivity contribution in [2.24, 2.45) is 0 Å². The molecule has 2 heterocycles. The number of aromatic nitrogens is 4. The molecule has 0 aliphatic rings. The van der Waals surface area contributed by atoms with Crippen LogP contribution in [0.3, 0.4) is 0 Å². The first-order valence-corrected chi connectivity index (χ1v) is 10.5. The highest BCUT2D eigenvalue weighted by Crippen LogP contribution is 2.23. The number of aryl methyl sites for hydroxylation is 1. The van der Waals surface area contributed by atoms with Gasteiger partial charge in [0, 0.05) is 24.5 Å². The van der Waals surface area contributed by atoms with Crippen LogP contribution in [-0.2, 0) is 13.1 Å². The van der Waals surface area contributed by atoms with Gasteiger partial charge in [-0.05, 0) is 71.2 Å². The number of nitrogens with one attached hydrogen (secondary N) is 1. The van der Waals surface area contributed by atoms with Gasteiger partial charge in [0.15, 0.2) is 0 Å². The lowest BCUT2D eigenvalue weighted by atomic mass is 10.1. The van der Waals surface area contributed by atoms with Crippen molar-refractivity contribution in [3.8, 4) is 5.69 Å². The Hall–Kier alpha value is -3.19. The highest BCUT2D eigenvalue weighted by molar-refractivity contribution is 9.10. The summed E-state index contributed by atoms with van der Waals surface area (Å²) in [6.07, 6.45) is 3.70. The topological polar surface area (TPSA) is 64.7 Å². The number of hydrogen-bond acceptors (Lipinski definition) is 3. The van der Waals surface area contributed by atoms with Crippen molar-refractivity contribution in [3.63, 3.8) is 0 Å². The SMILES string of the molecule is Cc1nn(-c2ccc(C(=O)NCc3cccc(Cn4cccn4)c3)cc2)c(C)c1Br. The molecule has 4 rings (SSSR count). The summed E-state index contributed by atoms with van der Waals surface area (Å²) >= 11 is 3.55. The summed E-state index contributed by atoms with van der Waals surface area (Å²) in [7, 11) is 0. The van der Waals surface area contributed by atoms with Crippen LogP contribution in [0.1, 0.15) is 32.9 Å². The van der Waals surface area contributed by atoms with Crippen LogP contribution in [0, 0.1) is 13.8 Å². The molecule has 1 N–H and O–H groups in total. The molecule has 1 amide bonds. The third-order valence-electron chi connectivity index (χ3n) is 4.93. The first-order chi connectivity index (χ1) is 14.5. The minimum atomic E-state index is -0.103. The van der Waals surface area contributed by atoms with Gasteiger partial charge >= 0.3 is 0 Å². The summed E-state index contributed by atoms with van der Waals surface area (Å²) in [6.45, 7) is 5.14. The van der Waals surface area contributed by atoms with E-state index in [0.29, 0.717) is 18.7 Å². The van der Waals surface area contributed by atoms with E-state index in [0.717, 1.165) is 32.7 Å². The lowest BCUT2D eigenvalue weighted by molar-refractivity contribution is 0.0951. The molecule has 2 aromatic carbocycles. The van der Waals surface area contributed by atoms with E-state index >= 15 is 0 Å². The predicted octanol–water partition coefficient (Wildman–Crippen LogP) is 4.43. The van der Waals surface area contributed by atoms with Crippen LogP contribution in [0.15, 0.2) is 71.5 Å². The van der Waals surface area contributed by atoms with Crippen LogP contribution in [0.5, 0.6) is 0 Å². The molecule has 0 saturated heterocycles. The van der Waals surface area contributed by atoms with Crippen molar-refractivity contribution in [2.45, 2.75) is 26.9 Å². The molecule has 7 heteroatoms. The zero-order chi connectivity index (χ0) is 21.1. The van der Waals surface area contributed by atoms with E-state index in [1.54, 1.807) is 6.20 Å². The van der Waals surface area contributed by atoms with Gasteiger partial charge in [0.2, 0.25) is 0 Å². The van der Waals surface area contributed by atoms with Gasteiger partial charge in [-0.1, -0.05) is 24.3 Å². The smallest absolute Gasteiger partial charge is 0.251 e. The van der Waals surface area contributed by atoms with Gasteiger partial charge < -0.3 is 5.32 Å². The van der Waals surface area contributed by atoms with Gasteiger partial charge in [-0.2, -0.15) is 10.2 Å². The molecule has 0 saturated carbocycles. The van der Waals surface area contributed by atoms with Crippen molar-refractivity contribution in [1.82, 2.24) is 24.9 Å². The average molecular weight is 464 g/mol. The average Bonchev–Trinajstić information content (AvgIpc) is 3.36. The van der Waals surface area contributed by atoms with E-state index in [-0.39, 0.29) is 5.91 Å². The maximum absolute atomic E-state index is 12.6. The summed E-state index contributed by atoms with van der Waals surface area (Å²) < 4.78 is 4.74. The van der Waals surface area contributed by atoms with Gasteiger partial charge in [-0.3, -0.25) is 9.48 Å². The minimum absolute atomic E-state index is 0.103. The summed E-state index contributed by atoms with van der Waals surface area (Å²) in [4.78, 5) is 12.6. The summed E-state index contributed by atoms with van der Waals surface area (Å²) in [5.41, 5.74) is 5.70. The maximum Gasteiger partial charge on any atom is 0.251 e. The normalized spacial score (nSPS) is 10.9. The Labute approximate surface area is 183 Å². The number of benzene rings is 2. The van der Waals surface area contributed by atoms with Crippen molar-refractivity contribution in [2.75, 3.05) is 0 Å². The maximum atomic E-state index is 12.6. The van der Waals surface area contributed by atoms with Crippen LogP contribution in [0.25, 0.3) is 5.69 Å². The number of nitrogens with zero attached hydrogens (tertiary/aromatic N) is 4. The van der Waals surface area contributed by atoms with E-state index in [4.69, 9.17) is 0 Å². The fourth-order valence-electron chi connectivity index (χ4n) is 3.33. The first-order valence-electron chi connectivity index (χ1n) is 9.67. The molecule has 152 valence electrons. The fourth-order valence-corrected chi connectivity index (χ4v) is 3.58. The number of rotatable bonds is 6. The summed E-state index contributed by atoms with van der Waals surface area (Å²) in [5, 5.41) is 11.8. The van der Waals surface area contributed by atoms with Crippen LogP contribution in [0.4, 0.5) is 0 Å². The van der Waals surface area contributed by atoms with Crippen LogP contribution in [0.2, 0.25) is 0 Å². The molecule has 2 aromatic heterocycles. The number of amides is 1. The van der Waals surface area contributed by atoms with Gasteiger partial charge in [-0.15, -0.1) is 0 Å². The van der Waals surface area contributed by atoms with E-state index in [1.165, 1.54) is 0 Å². The van der Waals surface area contributed by atoms with Crippen LogP contribution < -0.4 is 5.32 Å². The van der Waals surface area contributed by atoms with Gasteiger partial charge in [-0.25, -0.2) is 4.68 Å². The van der Waals surface area contributed by atoms with E-state index in [2.05, 4.69) is 43.6 Å². The standard InChI is InChI=1S/C23H22BrN5O/c1-16-22(24)17(2)29(27-16)21-9-7-20(8-10-21)23(30)25-14-18-5-3-6-19(13-18)15-28-12-4-11-26-28/h3-13H,14-15H2,1-2H3,(H,25,30). The largest absolute Gasteiger partial charge is 0.348 e. The number of halogens is 1. The fraction of sp³-hybridized carbons (Fsp3) is 0.174. The zero-order valence-electron chi connectivity index (χ0n) is 16.8. The quantitative estimate of drug-likeness (QED) is 0.459. The second-order valence-electron chi connectivity index (χ2n) is 7.15. The third kappa shape index (κ3) is 4.36. The Morgan fingerprint density at radius 2 is 1.83 bits per heavy atom. The number of carbonyl (C=O) groups is 1. The number of carbonyl (C=O) groups excluding carboxylic acids is 1. The molecular formula is C23H22BrN5O. The molecule has 0 aliphatic carbocycles. The van der Waals surface area contributed by atoms with Crippen molar-refractivity contribution >= 4 is 21.8 Å². The third-order valence-corrected chi connectivity index (χ3v) is 6.07. The Morgan fingerprint density at radius 1 is 1.07 bits per heavy atom. The summed E-state index contributed by atoms with van der Waals surface area (Å²) in [6, 6.07) is 17.5. The molecule has 4 aromatic rings. The minimum Gasteiger partial charge on any atom is -0.348 e.